The van der Waals surface area contributed by atoms with Gasteiger partial charge in [0.15, 0.2) is 0 Å². The molecule has 2 aromatic rings. The quantitative estimate of drug-likeness (QED) is 0.830. The number of nitrogens with zero attached hydrogens (tertiary/aromatic N) is 1. The highest BCUT2D eigenvalue weighted by Gasteiger charge is 2.05. The Morgan fingerprint density at radius 1 is 1.22 bits per heavy atom. The molecule has 0 heterocycles. The van der Waals surface area contributed by atoms with Crippen LogP contribution in [0.1, 0.15) is 11.1 Å². The Hall–Kier alpha value is -1.50. The standard InChI is InChI=1S/C14H9BrClNO/c15-12-5-6-14(13(16)7-12)18-9-11-4-2-1-3-10(11)8-17/h1-7H,9H2. The molecule has 90 valence electrons. The molecule has 0 aliphatic heterocycles. The average molecular weight is 323 g/mol. The zero-order valence-electron chi connectivity index (χ0n) is 9.36. The van der Waals surface area contributed by atoms with Crippen molar-refractivity contribution in [2.24, 2.45) is 0 Å². The Bertz CT molecular complexity index is 607. The largest absolute Gasteiger partial charge is 0.487 e. The second kappa shape index (κ2) is 5.90. The van der Waals surface area contributed by atoms with E-state index in [-0.39, 0.29) is 0 Å². The fourth-order valence-corrected chi connectivity index (χ4v) is 2.23. The summed E-state index contributed by atoms with van der Waals surface area (Å²) in [6.45, 7) is 0.324. The van der Waals surface area contributed by atoms with Gasteiger partial charge in [0.25, 0.3) is 0 Å². The molecule has 0 aliphatic rings. The van der Waals surface area contributed by atoms with Crippen LogP contribution in [0.4, 0.5) is 0 Å². The Kier molecular flexibility index (Phi) is 4.24. The number of benzene rings is 2. The number of rotatable bonds is 3. The van der Waals surface area contributed by atoms with Crippen LogP contribution < -0.4 is 4.74 Å². The summed E-state index contributed by atoms with van der Waals surface area (Å²) in [5, 5.41) is 9.51. The van der Waals surface area contributed by atoms with E-state index in [1.54, 1.807) is 18.2 Å². The molecule has 0 unspecified atom stereocenters. The molecule has 2 nitrogen and oxygen atoms in total. The minimum Gasteiger partial charge on any atom is -0.487 e. The number of ether oxygens (including phenoxy) is 1. The SMILES string of the molecule is N#Cc1ccccc1COc1ccc(Br)cc1Cl. The third-order valence-electron chi connectivity index (χ3n) is 2.41. The Morgan fingerprint density at radius 3 is 2.72 bits per heavy atom. The van der Waals surface area contributed by atoms with Crippen LogP contribution in [0.2, 0.25) is 5.02 Å². The number of hydrogen-bond donors (Lipinski definition) is 0. The maximum absolute atomic E-state index is 8.97. The van der Waals surface area contributed by atoms with Gasteiger partial charge < -0.3 is 4.74 Å². The lowest BCUT2D eigenvalue weighted by atomic mass is 10.1. The lowest BCUT2D eigenvalue weighted by molar-refractivity contribution is 0.306. The minimum atomic E-state index is 0.324. The highest BCUT2D eigenvalue weighted by molar-refractivity contribution is 9.10. The molecule has 0 N–H and O–H groups in total. The van der Waals surface area contributed by atoms with Gasteiger partial charge in [-0.05, 0) is 24.3 Å². The third-order valence-corrected chi connectivity index (χ3v) is 3.20. The molecule has 0 saturated carbocycles. The molecule has 0 spiro atoms. The first-order valence-corrected chi connectivity index (χ1v) is 6.43. The average Bonchev–Trinajstić information content (AvgIpc) is 2.38. The van der Waals surface area contributed by atoms with E-state index in [0.717, 1.165) is 10.0 Å². The van der Waals surface area contributed by atoms with Crippen molar-refractivity contribution >= 4 is 27.5 Å². The summed E-state index contributed by atoms with van der Waals surface area (Å²) in [4.78, 5) is 0. The molecule has 2 rings (SSSR count). The van der Waals surface area contributed by atoms with E-state index in [4.69, 9.17) is 21.6 Å². The van der Waals surface area contributed by atoms with Crippen molar-refractivity contribution < 1.29 is 4.74 Å². The van der Waals surface area contributed by atoms with Crippen LogP contribution in [0, 0.1) is 11.3 Å². The van der Waals surface area contributed by atoms with Crippen LogP contribution in [0.15, 0.2) is 46.9 Å². The molecule has 2 aromatic carbocycles. The molecular formula is C14H9BrClNO. The van der Waals surface area contributed by atoms with E-state index in [9.17, 15) is 0 Å². The molecule has 0 atom stereocenters. The van der Waals surface area contributed by atoms with Crippen molar-refractivity contribution in [2.75, 3.05) is 0 Å². The molecule has 0 aromatic heterocycles. The second-order valence-electron chi connectivity index (χ2n) is 3.63. The van der Waals surface area contributed by atoms with Crippen LogP contribution in [0.3, 0.4) is 0 Å². The Morgan fingerprint density at radius 2 is 2.00 bits per heavy atom. The molecule has 4 heteroatoms. The van der Waals surface area contributed by atoms with Crippen LogP contribution in [0.25, 0.3) is 0 Å². The van der Waals surface area contributed by atoms with Gasteiger partial charge in [-0.25, -0.2) is 0 Å². The Labute approximate surface area is 119 Å². The topological polar surface area (TPSA) is 33.0 Å². The molecule has 0 amide bonds. The summed E-state index contributed by atoms with van der Waals surface area (Å²) in [6, 6.07) is 14.9. The molecule has 0 saturated heterocycles. The summed E-state index contributed by atoms with van der Waals surface area (Å²) in [5.41, 5.74) is 1.46. The minimum absolute atomic E-state index is 0.324. The van der Waals surface area contributed by atoms with Gasteiger partial charge in [0.05, 0.1) is 16.7 Å². The van der Waals surface area contributed by atoms with Gasteiger partial charge in [0, 0.05) is 10.0 Å². The zero-order valence-corrected chi connectivity index (χ0v) is 11.7. The monoisotopic (exact) mass is 321 g/mol. The van der Waals surface area contributed by atoms with Crippen molar-refractivity contribution in [1.82, 2.24) is 0 Å². The first-order valence-electron chi connectivity index (χ1n) is 5.26. The predicted molar refractivity (Wildman–Crippen MR) is 74.6 cm³/mol. The molecule has 18 heavy (non-hydrogen) atoms. The third kappa shape index (κ3) is 3.04. The number of halogens is 2. The van der Waals surface area contributed by atoms with Gasteiger partial charge in [0.1, 0.15) is 12.4 Å². The maximum Gasteiger partial charge on any atom is 0.138 e. The van der Waals surface area contributed by atoms with Gasteiger partial charge in [-0.1, -0.05) is 45.7 Å². The van der Waals surface area contributed by atoms with E-state index < -0.39 is 0 Å². The fraction of sp³-hybridized carbons (Fsp3) is 0.0714. The number of hydrogen-bond acceptors (Lipinski definition) is 2. The summed E-state index contributed by atoms with van der Waals surface area (Å²) < 4.78 is 6.52. The van der Waals surface area contributed by atoms with Crippen molar-refractivity contribution in [1.29, 1.82) is 5.26 Å². The van der Waals surface area contributed by atoms with Gasteiger partial charge in [0.2, 0.25) is 0 Å². The molecule has 0 radical (unpaired) electrons. The first-order chi connectivity index (χ1) is 8.70. The van der Waals surface area contributed by atoms with Crippen molar-refractivity contribution in [3.05, 3.63) is 63.1 Å². The predicted octanol–water partition coefficient (Wildman–Crippen LogP) is 4.55. The summed E-state index contributed by atoms with van der Waals surface area (Å²) >= 11 is 9.38. The zero-order chi connectivity index (χ0) is 13.0. The summed E-state index contributed by atoms with van der Waals surface area (Å²) in [7, 11) is 0. The van der Waals surface area contributed by atoms with Gasteiger partial charge in [-0.15, -0.1) is 0 Å². The van der Waals surface area contributed by atoms with Crippen molar-refractivity contribution in [3.8, 4) is 11.8 Å². The van der Waals surface area contributed by atoms with Crippen LogP contribution in [0.5, 0.6) is 5.75 Å². The Balaban J connectivity index is 2.14. The molecular weight excluding hydrogens is 314 g/mol. The van der Waals surface area contributed by atoms with E-state index in [2.05, 4.69) is 22.0 Å². The van der Waals surface area contributed by atoms with Crippen LogP contribution >= 0.6 is 27.5 Å². The van der Waals surface area contributed by atoms with Crippen molar-refractivity contribution in [3.63, 3.8) is 0 Å². The molecule has 0 aliphatic carbocycles. The van der Waals surface area contributed by atoms with Gasteiger partial charge in [-0.2, -0.15) is 5.26 Å². The van der Waals surface area contributed by atoms with Gasteiger partial charge >= 0.3 is 0 Å². The van der Waals surface area contributed by atoms with E-state index in [1.165, 1.54) is 0 Å². The van der Waals surface area contributed by atoms with Crippen molar-refractivity contribution in [2.45, 2.75) is 6.61 Å². The van der Waals surface area contributed by atoms with Crippen LogP contribution in [-0.2, 0) is 6.61 Å². The van der Waals surface area contributed by atoms with E-state index >= 15 is 0 Å². The highest BCUT2D eigenvalue weighted by Crippen LogP contribution is 2.28. The van der Waals surface area contributed by atoms with Gasteiger partial charge in [-0.3, -0.25) is 0 Å². The summed E-state index contributed by atoms with van der Waals surface area (Å²) in [5.74, 6) is 0.604. The molecule has 0 bridgehead atoms. The molecule has 0 fully saturated rings. The van der Waals surface area contributed by atoms with E-state index in [0.29, 0.717) is 22.9 Å². The summed E-state index contributed by atoms with van der Waals surface area (Å²) in [6.07, 6.45) is 0. The highest BCUT2D eigenvalue weighted by atomic mass is 79.9. The fourth-order valence-electron chi connectivity index (χ4n) is 1.50. The maximum atomic E-state index is 8.97. The first kappa shape index (κ1) is 12.9. The normalized spacial score (nSPS) is 9.83. The second-order valence-corrected chi connectivity index (χ2v) is 4.96. The van der Waals surface area contributed by atoms with Crippen LogP contribution in [-0.4, -0.2) is 0 Å². The number of nitriles is 1. The lowest BCUT2D eigenvalue weighted by Crippen LogP contribution is -1.98. The lowest BCUT2D eigenvalue weighted by Gasteiger charge is -2.09. The smallest absolute Gasteiger partial charge is 0.138 e. The van der Waals surface area contributed by atoms with E-state index in [1.807, 2.05) is 24.3 Å².